The Kier molecular flexibility index (Phi) is 14.3. The van der Waals surface area contributed by atoms with Gasteiger partial charge in [0.1, 0.15) is 0 Å². The number of unbranched alkanes of at least 4 members (excludes halogenated alkanes) is 2. The molecule has 0 atom stereocenters. The molecule has 0 saturated carbocycles. The van der Waals surface area contributed by atoms with E-state index in [4.69, 9.17) is 0 Å². The van der Waals surface area contributed by atoms with Gasteiger partial charge in [-0.05, 0) is 51.4 Å². The number of carbonyl (C=O) groups excluding carboxylic acids is 1. The molecule has 0 aliphatic carbocycles. The van der Waals surface area contributed by atoms with Crippen LogP contribution in [0.4, 0.5) is 0 Å². The third-order valence-electron chi connectivity index (χ3n) is 2.72. The van der Waals surface area contributed by atoms with E-state index in [1.165, 1.54) is 0 Å². The van der Waals surface area contributed by atoms with Gasteiger partial charge in [0.05, 0.1) is 0 Å². The lowest BCUT2D eigenvalue weighted by Crippen LogP contribution is -2.21. The number of allylic oxidation sites excluding steroid dienone is 8. The highest BCUT2D eigenvalue weighted by atomic mass is 16.4. The molecular weight excluding hydrogens is 248 g/mol. The topological polar surface area (TPSA) is 40.1 Å². The van der Waals surface area contributed by atoms with Crippen LogP contribution < -0.4 is 5.11 Å². The van der Waals surface area contributed by atoms with Crippen molar-refractivity contribution in [1.29, 1.82) is 0 Å². The molecule has 0 spiro atoms. The summed E-state index contributed by atoms with van der Waals surface area (Å²) in [6.07, 6.45) is 24.1. The van der Waals surface area contributed by atoms with Crippen LogP contribution in [0.5, 0.6) is 0 Å². The van der Waals surface area contributed by atoms with Gasteiger partial charge in [0.2, 0.25) is 0 Å². The van der Waals surface area contributed by atoms with Crippen LogP contribution in [0.3, 0.4) is 0 Å². The lowest BCUT2D eigenvalue weighted by molar-refractivity contribution is -0.305. The van der Waals surface area contributed by atoms with Gasteiger partial charge in [0.25, 0.3) is 0 Å². The van der Waals surface area contributed by atoms with Crippen molar-refractivity contribution in [3.05, 3.63) is 48.6 Å². The predicted molar refractivity (Wildman–Crippen MR) is 84.2 cm³/mol. The van der Waals surface area contributed by atoms with E-state index in [9.17, 15) is 9.90 Å². The van der Waals surface area contributed by atoms with E-state index in [2.05, 4.69) is 55.5 Å². The van der Waals surface area contributed by atoms with Crippen molar-refractivity contribution in [1.82, 2.24) is 0 Å². The molecule has 0 rings (SSSR count). The van der Waals surface area contributed by atoms with Crippen LogP contribution in [-0.4, -0.2) is 5.97 Å². The van der Waals surface area contributed by atoms with Crippen molar-refractivity contribution in [3.63, 3.8) is 0 Å². The summed E-state index contributed by atoms with van der Waals surface area (Å²) < 4.78 is 0. The monoisotopic (exact) mass is 275 g/mol. The molecule has 0 amide bonds. The van der Waals surface area contributed by atoms with Gasteiger partial charge in [-0.3, -0.25) is 0 Å². The van der Waals surface area contributed by atoms with Crippen molar-refractivity contribution in [2.75, 3.05) is 0 Å². The number of carbonyl (C=O) groups is 1. The molecule has 0 aromatic rings. The first-order valence-corrected chi connectivity index (χ1v) is 7.57. The molecule has 2 heteroatoms. The van der Waals surface area contributed by atoms with Crippen molar-refractivity contribution in [3.8, 4) is 0 Å². The minimum absolute atomic E-state index is 0.174. The van der Waals surface area contributed by atoms with Crippen LogP contribution in [0, 0.1) is 0 Å². The Morgan fingerprint density at radius 1 is 0.800 bits per heavy atom. The van der Waals surface area contributed by atoms with Gasteiger partial charge in [-0.2, -0.15) is 0 Å². The maximum atomic E-state index is 10.2. The fraction of sp³-hybridized carbons (Fsp3) is 0.500. The van der Waals surface area contributed by atoms with E-state index in [0.717, 1.165) is 38.5 Å². The highest BCUT2D eigenvalue weighted by Crippen LogP contribution is 2.01. The molecule has 0 aromatic heterocycles. The number of carboxylic acid groups (broad SMARTS) is 1. The molecule has 0 aromatic carbocycles. The molecule has 0 fully saturated rings. The lowest BCUT2D eigenvalue weighted by Gasteiger charge is -1.98. The predicted octanol–water partition coefficient (Wildman–Crippen LogP) is 4.10. The lowest BCUT2D eigenvalue weighted by atomic mass is 10.2. The minimum Gasteiger partial charge on any atom is -0.550 e. The Bertz CT molecular complexity index is 335. The van der Waals surface area contributed by atoms with Crippen molar-refractivity contribution >= 4 is 5.97 Å². The van der Waals surface area contributed by atoms with Crippen molar-refractivity contribution in [2.24, 2.45) is 0 Å². The van der Waals surface area contributed by atoms with Gasteiger partial charge in [-0.25, -0.2) is 0 Å². The standard InChI is InChI=1S/C18H28O2/c1-2-3-4-5-6-7-8-9-10-11-12-13-14-15-16-17-18(19)20/h3-4,6-7,9-10,12-13H,2,5,8,11,14-17H2,1H3,(H,19,20)/p-1/b4-3+,7-6+,10-9+,13-12+. The second kappa shape index (κ2) is 15.5. The number of hydrogen-bond acceptors (Lipinski definition) is 2. The van der Waals surface area contributed by atoms with Crippen LogP contribution in [0.25, 0.3) is 0 Å². The molecule has 0 aliphatic rings. The van der Waals surface area contributed by atoms with E-state index >= 15 is 0 Å². The highest BCUT2D eigenvalue weighted by Gasteiger charge is 1.86. The Morgan fingerprint density at radius 2 is 1.30 bits per heavy atom. The normalized spacial score (nSPS) is 12.4. The summed E-state index contributed by atoms with van der Waals surface area (Å²) in [6.45, 7) is 2.14. The second-order valence-electron chi connectivity index (χ2n) is 4.62. The Labute approximate surface area is 123 Å². The minimum atomic E-state index is -0.949. The third kappa shape index (κ3) is 16.4. The van der Waals surface area contributed by atoms with E-state index in [-0.39, 0.29) is 6.42 Å². The Hall–Kier alpha value is -1.57. The molecule has 0 aliphatic heterocycles. The van der Waals surface area contributed by atoms with Gasteiger partial charge in [0, 0.05) is 5.97 Å². The molecule has 0 saturated heterocycles. The van der Waals surface area contributed by atoms with Crippen LogP contribution in [0.15, 0.2) is 48.6 Å². The summed E-state index contributed by atoms with van der Waals surface area (Å²) in [5.41, 5.74) is 0. The second-order valence-corrected chi connectivity index (χ2v) is 4.62. The van der Waals surface area contributed by atoms with E-state index in [1.807, 2.05) is 0 Å². The summed E-state index contributed by atoms with van der Waals surface area (Å²) >= 11 is 0. The zero-order valence-electron chi connectivity index (χ0n) is 12.6. The third-order valence-corrected chi connectivity index (χ3v) is 2.72. The van der Waals surface area contributed by atoms with Gasteiger partial charge in [-0.1, -0.05) is 55.5 Å². The number of rotatable bonds is 12. The summed E-state index contributed by atoms with van der Waals surface area (Å²) in [6, 6.07) is 0. The Morgan fingerprint density at radius 3 is 1.80 bits per heavy atom. The maximum absolute atomic E-state index is 10.2. The van der Waals surface area contributed by atoms with Crippen molar-refractivity contribution in [2.45, 2.75) is 58.3 Å². The van der Waals surface area contributed by atoms with Crippen LogP contribution >= 0.6 is 0 Å². The van der Waals surface area contributed by atoms with Gasteiger partial charge >= 0.3 is 0 Å². The maximum Gasteiger partial charge on any atom is 0.0414 e. The van der Waals surface area contributed by atoms with Gasteiger partial charge < -0.3 is 9.90 Å². The first-order valence-electron chi connectivity index (χ1n) is 7.57. The fourth-order valence-corrected chi connectivity index (χ4v) is 1.63. The van der Waals surface area contributed by atoms with Crippen LogP contribution in [0.2, 0.25) is 0 Å². The molecular formula is C18H27O2-. The first-order chi connectivity index (χ1) is 9.77. The van der Waals surface area contributed by atoms with E-state index in [0.29, 0.717) is 6.42 Å². The first kappa shape index (κ1) is 18.4. The molecule has 112 valence electrons. The fourth-order valence-electron chi connectivity index (χ4n) is 1.63. The van der Waals surface area contributed by atoms with Crippen molar-refractivity contribution < 1.29 is 9.90 Å². The van der Waals surface area contributed by atoms with E-state index in [1.54, 1.807) is 0 Å². The molecule has 20 heavy (non-hydrogen) atoms. The molecule has 0 bridgehead atoms. The number of hydrogen-bond donors (Lipinski definition) is 0. The molecule has 0 unspecified atom stereocenters. The van der Waals surface area contributed by atoms with Crippen LogP contribution in [-0.2, 0) is 4.79 Å². The zero-order chi connectivity index (χ0) is 14.9. The summed E-state index contributed by atoms with van der Waals surface area (Å²) in [5.74, 6) is -0.949. The molecule has 0 heterocycles. The number of carboxylic acids is 1. The SMILES string of the molecule is CC/C=C/C/C=C/C/C=C/C/C=C/CCCCC(=O)[O-]. The number of aliphatic carboxylic acids is 1. The zero-order valence-corrected chi connectivity index (χ0v) is 12.6. The average molecular weight is 275 g/mol. The summed E-state index contributed by atoms with van der Waals surface area (Å²) in [4.78, 5) is 10.2. The summed E-state index contributed by atoms with van der Waals surface area (Å²) in [5, 5.41) is 10.2. The van der Waals surface area contributed by atoms with Gasteiger partial charge in [-0.15, -0.1) is 0 Å². The van der Waals surface area contributed by atoms with E-state index < -0.39 is 5.97 Å². The molecule has 0 N–H and O–H groups in total. The van der Waals surface area contributed by atoms with Gasteiger partial charge in [0.15, 0.2) is 0 Å². The largest absolute Gasteiger partial charge is 0.550 e. The Balaban J connectivity index is 3.38. The highest BCUT2D eigenvalue weighted by molar-refractivity contribution is 5.64. The quantitative estimate of drug-likeness (QED) is 0.397. The smallest absolute Gasteiger partial charge is 0.0414 e. The van der Waals surface area contributed by atoms with Crippen LogP contribution in [0.1, 0.15) is 58.3 Å². The molecule has 0 radical (unpaired) electrons. The average Bonchev–Trinajstić information content (AvgIpc) is 2.43. The molecule has 2 nitrogen and oxygen atoms in total. The summed E-state index contributed by atoms with van der Waals surface area (Å²) in [7, 11) is 0.